The normalized spacial score (nSPS) is 23.2. The smallest absolute Gasteiger partial charge is 0.223 e. The van der Waals surface area contributed by atoms with Gasteiger partial charge in [0, 0.05) is 30.7 Å². The third-order valence-electron chi connectivity index (χ3n) is 6.55. The van der Waals surface area contributed by atoms with E-state index in [0.717, 1.165) is 38.0 Å². The van der Waals surface area contributed by atoms with Crippen molar-refractivity contribution in [2.45, 2.75) is 57.0 Å². The van der Waals surface area contributed by atoms with Crippen molar-refractivity contribution in [3.8, 4) is 0 Å². The highest BCUT2D eigenvalue weighted by Gasteiger charge is 2.54. The SMILES string of the molecule is CC1(C)CC2(CCCN2C(=O)CCc2ccccc2F)CN1c1ccc(F)cc1. The van der Waals surface area contributed by atoms with Gasteiger partial charge < -0.3 is 9.80 Å². The molecule has 2 aromatic rings. The number of hydrogen-bond acceptors (Lipinski definition) is 2. The summed E-state index contributed by atoms with van der Waals surface area (Å²) in [4.78, 5) is 17.5. The molecular weight excluding hydrogens is 370 g/mol. The molecule has 2 fully saturated rings. The van der Waals surface area contributed by atoms with Gasteiger partial charge >= 0.3 is 0 Å². The topological polar surface area (TPSA) is 23.6 Å². The molecule has 2 aliphatic rings. The first-order valence-corrected chi connectivity index (χ1v) is 10.4. The van der Waals surface area contributed by atoms with Gasteiger partial charge in [-0.1, -0.05) is 18.2 Å². The van der Waals surface area contributed by atoms with E-state index in [4.69, 9.17) is 0 Å². The predicted octanol–water partition coefficient (Wildman–Crippen LogP) is 4.95. The van der Waals surface area contributed by atoms with E-state index in [0.29, 0.717) is 18.4 Å². The van der Waals surface area contributed by atoms with Crippen LogP contribution in [0.2, 0.25) is 0 Å². The third-order valence-corrected chi connectivity index (χ3v) is 6.55. The monoisotopic (exact) mass is 398 g/mol. The summed E-state index contributed by atoms with van der Waals surface area (Å²) < 4.78 is 27.3. The average Bonchev–Trinajstić information content (AvgIpc) is 3.21. The molecule has 0 N–H and O–H groups in total. The number of amides is 1. The summed E-state index contributed by atoms with van der Waals surface area (Å²) in [5.74, 6) is -0.394. The van der Waals surface area contributed by atoms with Gasteiger partial charge in [-0.2, -0.15) is 0 Å². The largest absolute Gasteiger partial charge is 0.364 e. The van der Waals surface area contributed by atoms with Crippen LogP contribution in [0, 0.1) is 11.6 Å². The zero-order chi connectivity index (χ0) is 20.6. The van der Waals surface area contributed by atoms with Crippen LogP contribution in [-0.4, -0.2) is 35.0 Å². The second kappa shape index (κ2) is 7.43. The fraction of sp³-hybridized carbons (Fsp3) is 0.458. The summed E-state index contributed by atoms with van der Waals surface area (Å²) >= 11 is 0. The van der Waals surface area contributed by atoms with Crippen molar-refractivity contribution in [2.75, 3.05) is 18.0 Å². The highest BCUT2D eigenvalue weighted by molar-refractivity contribution is 5.78. The van der Waals surface area contributed by atoms with Crippen molar-refractivity contribution in [3.63, 3.8) is 0 Å². The van der Waals surface area contributed by atoms with E-state index < -0.39 is 0 Å². The Balaban J connectivity index is 1.51. The lowest BCUT2D eigenvalue weighted by atomic mass is 9.87. The van der Waals surface area contributed by atoms with Gasteiger partial charge in [0.1, 0.15) is 11.6 Å². The van der Waals surface area contributed by atoms with Crippen molar-refractivity contribution in [1.29, 1.82) is 0 Å². The zero-order valence-corrected chi connectivity index (χ0v) is 17.1. The molecule has 2 saturated heterocycles. The number of nitrogens with zero attached hydrogens (tertiary/aromatic N) is 2. The maximum atomic E-state index is 13.9. The fourth-order valence-corrected chi connectivity index (χ4v) is 5.28. The van der Waals surface area contributed by atoms with Crippen LogP contribution in [0.15, 0.2) is 48.5 Å². The van der Waals surface area contributed by atoms with E-state index in [1.807, 2.05) is 17.0 Å². The molecule has 0 bridgehead atoms. The Labute approximate surface area is 171 Å². The average molecular weight is 398 g/mol. The van der Waals surface area contributed by atoms with Crippen molar-refractivity contribution >= 4 is 11.6 Å². The summed E-state index contributed by atoms with van der Waals surface area (Å²) in [6.07, 6.45) is 3.57. The van der Waals surface area contributed by atoms with E-state index in [1.165, 1.54) is 18.2 Å². The minimum atomic E-state index is -0.249. The van der Waals surface area contributed by atoms with E-state index in [9.17, 15) is 13.6 Å². The standard InChI is InChI=1S/C24H28F2N2O/c1-23(2)16-24(17-28(23)20-11-9-19(25)10-12-20)14-5-15-27(24)22(29)13-8-18-6-3-4-7-21(18)26/h3-4,6-7,9-12H,5,8,13-17H2,1-2H3. The summed E-state index contributed by atoms with van der Waals surface area (Å²) in [6.45, 7) is 5.87. The number of benzene rings is 2. The molecule has 29 heavy (non-hydrogen) atoms. The Morgan fingerprint density at radius 1 is 1.07 bits per heavy atom. The molecule has 1 atom stereocenters. The highest BCUT2D eigenvalue weighted by atomic mass is 19.1. The lowest BCUT2D eigenvalue weighted by Crippen LogP contribution is -2.49. The van der Waals surface area contributed by atoms with Gasteiger partial charge in [0.25, 0.3) is 0 Å². The van der Waals surface area contributed by atoms with Crippen LogP contribution in [0.1, 0.15) is 45.1 Å². The van der Waals surface area contributed by atoms with Gasteiger partial charge in [-0.25, -0.2) is 8.78 Å². The van der Waals surface area contributed by atoms with Crippen molar-refractivity contribution in [1.82, 2.24) is 4.90 Å². The van der Waals surface area contributed by atoms with Crippen LogP contribution in [0.3, 0.4) is 0 Å². The fourth-order valence-electron chi connectivity index (χ4n) is 5.28. The molecule has 1 amide bonds. The molecule has 0 aromatic heterocycles. The molecule has 2 aromatic carbocycles. The summed E-state index contributed by atoms with van der Waals surface area (Å²) in [5, 5.41) is 0. The van der Waals surface area contributed by atoms with Gasteiger partial charge in [-0.15, -0.1) is 0 Å². The summed E-state index contributed by atoms with van der Waals surface area (Å²) in [5.41, 5.74) is 1.24. The lowest BCUT2D eigenvalue weighted by molar-refractivity contribution is -0.134. The Kier molecular flexibility index (Phi) is 5.09. The van der Waals surface area contributed by atoms with Crippen LogP contribution in [-0.2, 0) is 11.2 Å². The lowest BCUT2D eigenvalue weighted by Gasteiger charge is -2.35. The molecule has 1 spiro atoms. The molecule has 0 aliphatic carbocycles. The number of carbonyl (C=O) groups excluding carboxylic acids is 1. The van der Waals surface area contributed by atoms with Crippen molar-refractivity contribution in [2.24, 2.45) is 0 Å². The first kappa shape index (κ1) is 19.9. The van der Waals surface area contributed by atoms with E-state index in [1.54, 1.807) is 18.2 Å². The van der Waals surface area contributed by atoms with Crippen LogP contribution >= 0.6 is 0 Å². The number of aryl methyl sites for hydroxylation is 1. The van der Waals surface area contributed by atoms with Crippen molar-refractivity contribution < 1.29 is 13.6 Å². The van der Waals surface area contributed by atoms with Gasteiger partial charge in [0.2, 0.25) is 5.91 Å². The first-order valence-electron chi connectivity index (χ1n) is 10.4. The molecule has 1 unspecified atom stereocenters. The van der Waals surface area contributed by atoms with Crippen molar-refractivity contribution in [3.05, 3.63) is 65.7 Å². The van der Waals surface area contributed by atoms with Gasteiger partial charge in [-0.3, -0.25) is 4.79 Å². The maximum Gasteiger partial charge on any atom is 0.223 e. The molecule has 154 valence electrons. The Morgan fingerprint density at radius 3 is 2.52 bits per heavy atom. The second-order valence-electron chi connectivity index (χ2n) is 9.02. The number of rotatable bonds is 4. The van der Waals surface area contributed by atoms with Crippen LogP contribution in [0.4, 0.5) is 14.5 Å². The molecule has 0 saturated carbocycles. The molecule has 4 rings (SSSR count). The zero-order valence-electron chi connectivity index (χ0n) is 17.1. The number of likely N-dealkylation sites (tertiary alicyclic amines) is 1. The summed E-state index contributed by atoms with van der Waals surface area (Å²) in [7, 11) is 0. The van der Waals surface area contributed by atoms with E-state index >= 15 is 0 Å². The molecule has 5 heteroatoms. The minimum absolute atomic E-state index is 0.0995. The number of anilines is 1. The molecule has 2 aliphatic heterocycles. The van der Waals surface area contributed by atoms with Gasteiger partial charge in [0.05, 0.1) is 5.54 Å². The van der Waals surface area contributed by atoms with Crippen LogP contribution < -0.4 is 4.90 Å². The minimum Gasteiger partial charge on any atom is -0.364 e. The molecular formula is C24H28F2N2O. The van der Waals surface area contributed by atoms with Crippen LogP contribution in [0.5, 0.6) is 0 Å². The maximum absolute atomic E-state index is 13.9. The Morgan fingerprint density at radius 2 is 1.79 bits per heavy atom. The quantitative estimate of drug-likeness (QED) is 0.728. The van der Waals surface area contributed by atoms with Gasteiger partial charge in [0.15, 0.2) is 0 Å². The predicted molar refractivity (Wildman–Crippen MR) is 111 cm³/mol. The molecule has 2 heterocycles. The van der Waals surface area contributed by atoms with Gasteiger partial charge in [-0.05, 0) is 75.4 Å². The van der Waals surface area contributed by atoms with E-state index in [-0.39, 0.29) is 28.6 Å². The molecule has 3 nitrogen and oxygen atoms in total. The second-order valence-corrected chi connectivity index (χ2v) is 9.02. The Bertz CT molecular complexity index is 896. The summed E-state index contributed by atoms with van der Waals surface area (Å²) in [6, 6.07) is 13.3. The third kappa shape index (κ3) is 3.75. The first-order chi connectivity index (χ1) is 13.8. The van der Waals surface area contributed by atoms with E-state index in [2.05, 4.69) is 18.7 Å². The molecule has 0 radical (unpaired) electrons. The van der Waals surface area contributed by atoms with Crippen LogP contribution in [0.25, 0.3) is 0 Å². The number of halogens is 2. The number of carbonyl (C=O) groups is 1. The Hall–Kier alpha value is -2.43. The highest BCUT2D eigenvalue weighted by Crippen LogP contribution is 2.47. The number of hydrogen-bond donors (Lipinski definition) is 0.